The van der Waals surface area contributed by atoms with E-state index in [9.17, 15) is 9.59 Å². The zero-order chi connectivity index (χ0) is 15.2. The standard InChI is InChI=1S/C16H23N3O2/c1-12(2)11-14-16(21)19(10-7-15(20)18-14)9-6-13-5-3-4-8-17-13/h3-5,8,12,14H,6-7,9-11H2,1-2H3,(H,18,20). The topological polar surface area (TPSA) is 62.3 Å². The van der Waals surface area contributed by atoms with Crippen LogP contribution in [0.4, 0.5) is 0 Å². The first-order valence-corrected chi connectivity index (χ1v) is 7.54. The molecule has 2 heterocycles. The monoisotopic (exact) mass is 289 g/mol. The molecule has 1 aromatic rings. The van der Waals surface area contributed by atoms with Crippen molar-refractivity contribution in [3.63, 3.8) is 0 Å². The van der Waals surface area contributed by atoms with E-state index in [1.165, 1.54) is 0 Å². The summed E-state index contributed by atoms with van der Waals surface area (Å²) in [5.74, 6) is 0.370. The van der Waals surface area contributed by atoms with Crippen LogP contribution in [0.25, 0.3) is 0 Å². The third-order valence-electron chi connectivity index (χ3n) is 3.62. The Bertz CT molecular complexity index is 488. The number of rotatable bonds is 5. The highest BCUT2D eigenvalue weighted by Crippen LogP contribution is 2.12. The van der Waals surface area contributed by atoms with Crippen LogP contribution in [0, 0.1) is 5.92 Å². The fourth-order valence-electron chi connectivity index (χ4n) is 2.54. The lowest BCUT2D eigenvalue weighted by Crippen LogP contribution is -2.45. The predicted molar refractivity (Wildman–Crippen MR) is 80.5 cm³/mol. The Balaban J connectivity index is 2.00. The summed E-state index contributed by atoms with van der Waals surface area (Å²) in [6, 6.07) is 5.39. The van der Waals surface area contributed by atoms with Crippen LogP contribution < -0.4 is 5.32 Å². The molecule has 2 rings (SSSR count). The molecule has 1 atom stereocenters. The molecule has 0 radical (unpaired) electrons. The number of hydrogen-bond acceptors (Lipinski definition) is 3. The van der Waals surface area contributed by atoms with Crippen LogP contribution in [0.2, 0.25) is 0 Å². The number of carbonyl (C=O) groups excluding carboxylic acids is 2. The van der Waals surface area contributed by atoms with Gasteiger partial charge in [0.05, 0.1) is 0 Å². The molecule has 5 nitrogen and oxygen atoms in total. The Labute approximate surface area is 125 Å². The highest BCUT2D eigenvalue weighted by atomic mass is 16.2. The van der Waals surface area contributed by atoms with E-state index in [1.54, 1.807) is 11.1 Å². The molecule has 21 heavy (non-hydrogen) atoms. The summed E-state index contributed by atoms with van der Waals surface area (Å²) in [7, 11) is 0. The second-order valence-electron chi connectivity index (χ2n) is 5.90. The first-order valence-electron chi connectivity index (χ1n) is 7.54. The maximum absolute atomic E-state index is 12.5. The molecule has 0 saturated carbocycles. The van der Waals surface area contributed by atoms with Gasteiger partial charge in [0, 0.05) is 37.8 Å². The van der Waals surface area contributed by atoms with Crippen molar-refractivity contribution in [2.45, 2.75) is 39.2 Å². The van der Waals surface area contributed by atoms with E-state index in [4.69, 9.17) is 0 Å². The second-order valence-corrected chi connectivity index (χ2v) is 5.90. The van der Waals surface area contributed by atoms with Crippen LogP contribution >= 0.6 is 0 Å². The molecule has 5 heteroatoms. The van der Waals surface area contributed by atoms with E-state index in [1.807, 2.05) is 18.2 Å². The Morgan fingerprint density at radius 3 is 2.86 bits per heavy atom. The van der Waals surface area contributed by atoms with Gasteiger partial charge in [0.2, 0.25) is 11.8 Å². The SMILES string of the molecule is CC(C)CC1NC(=O)CCN(CCc2ccccn2)C1=O. The average Bonchev–Trinajstić information content (AvgIpc) is 2.58. The Kier molecular flexibility index (Phi) is 5.31. The van der Waals surface area contributed by atoms with Crippen molar-refractivity contribution >= 4 is 11.8 Å². The molecule has 114 valence electrons. The van der Waals surface area contributed by atoms with Crippen molar-refractivity contribution in [2.24, 2.45) is 5.92 Å². The van der Waals surface area contributed by atoms with Gasteiger partial charge in [-0.2, -0.15) is 0 Å². The molecule has 1 aliphatic heterocycles. The molecule has 0 bridgehead atoms. The Hall–Kier alpha value is -1.91. The van der Waals surface area contributed by atoms with E-state index >= 15 is 0 Å². The highest BCUT2D eigenvalue weighted by molar-refractivity contribution is 5.89. The number of hydrogen-bond donors (Lipinski definition) is 1. The predicted octanol–water partition coefficient (Wildman–Crippen LogP) is 1.39. The van der Waals surface area contributed by atoms with Crippen LogP contribution in [-0.2, 0) is 16.0 Å². The van der Waals surface area contributed by atoms with Crippen molar-refractivity contribution in [1.82, 2.24) is 15.2 Å². The van der Waals surface area contributed by atoms with E-state index in [-0.39, 0.29) is 17.9 Å². The average molecular weight is 289 g/mol. The summed E-state index contributed by atoms with van der Waals surface area (Å²) in [4.78, 5) is 30.3. The summed E-state index contributed by atoms with van der Waals surface area (Å²) >= 11 is 0. The van der Waals surface area contributed by atoms with E-state index < -0.39 is 0 Å². The quantitative estimate of drug-likeness (QED) is 0.891. The van der Waals surface area contributed by atoms with Crippen molar-refractivity contribution in [2.75, 3.05) is 13.1 Å². The minimum atomic E-state index is -0.385. The van der Waals surface area contributed by atoms with Gasteiger partial charge in [-0.1, -0.05) is 19.9 Å². The summed E-state index contributed by atoms with van der Waals surface area (Å²) < 4.78 is 0. The van der Waals surface area contributed by atoms with Gasteiger partial charge in [0.25, 0.3) is 0 Å². The lowest BCUT2D eigenvalue weighted by Gasteiger charge is -2.24. The van der Waals surface area contributed by atoms with Crippen molar-refractivity contribution in [1.29, 1.82) is 0 Å². The largest absolute Gasteiger partial charge is 0.344 e. The van der Waals surface area contributed by atoms with Crippen LogP contribution in [-0.4, -0.2) is 40.8 Å². The van der Waals surface area contributed by atoms with Gasteiger partial charge in [-0.25, -0.2) is 0 Å². The second kappa shape index (κ2) is 7.20. The number of amides is 2. The molecule has 1 saturated heterocycles. The molecule has 1 aliphatic rings. The maximum atomic E-state index is 12.5. The van der Waals surface area contributed by atoms with Crippen molar-refractivity contribution < 1.29 is 9.59 Å². The van der Waals surface area contributed by atoms with E-state index in [2.05, 4.69) is 24.1 Å². The molecule has 0 aliphatic carbocycles. The lowest BCUT2D eigenvalue weighted by atomic mass is 10.0. The molecule has 0 aromatic carbocycles. The molecular weight excluding hydrogens is 266 g/mol. The molecule has 2 amide bonds. The first kappa shape index (κ1) is 15.5. The lowest BCUT2D eigenvalue weighted by molar-refractivity contribution is -0.134. The fourth-order valence-corrected chi connectivity index (χ4v) is 2.54. The summed E-state index contributed by atoms with van der Waals surface area (Å²) in [6.45, 7) is 5.22. The number of nitrogens with zero attached hydrogens (tertiary/aromatic N) is 2. The molecule has 1 fully saturated rings. The van der Waals surface area contributed by atoms with E-state index in [0.29, 0.717) is 31.8 Å². The van der Waals surface area contributed by atoms with Crippen LogP contribution in [0.15, 0.2) is 24.4 Å². The Morgan fingerprint density at radius 2 is 2.19 bits per heavy atom. The Morgan fingerprint density at radius 1 is 1.38 bits per heavy atom. The highest BCUT2D eigenvalue weighted by Gasteiger charge is 2.29. The summed E-state index contributed by atoms with van der Waals surface area (Å²) in [5, 5.41) is 2.84. The summed E-state index contributed by atoms with van der Waals surface area (Å²) in [5.41, 5.74) is 0.967. The van der Waals surface area contributed by atoms with Crippen LogP contribution in [0.5, 0.6) is 0 Å². The fraction of sp³-hybridized carbons (Fsp3) is 0.562. The minimum absolute atomic E-state index is 0.0329. The van der Waals surface area contributed by atoms with Crippen LogP contribution in [0.3, 0.4) is 0 Å². The van der Waals surface area contributed by atoms with Crippen LogP contribution in [0.1, 0.15) is 32.4 Å². The van der Waals surface area contributed by atoms with Gasteiger partial charge >= 0.3 is 0 Å². The first-order chi connectivity index (χ1) is 10.1. The zero-order valence-corrected chi connectivity index (χ0v) is 12.7. The molecule has 1 N–H and O–H groups in total. The molecule has 0 spiro atoms. The zero-order valence-electron chi connectivity index (χ0n) is 12.7. The molecule has 1 unspecified atom stereocenters. The molecular formula is C16H23N3O2. The number of aromatic nitrogens is 1. The van der Waals surface area contributed by atoms with Gasteiger partial charge in [0.1, 0.15) is 6.04 Å². The van der Waals surface area contributed by atoms with Gasteiger partial charge in [0.15, 0.2) is 0 Å². The van der Waals surface area contributed by atoms with Gasteiger partial charge in [-0.15, -0.1) is 0 Å². The van der Waals surface area contributed by atoms with Gasteiger partial charge < -0.3 is 10.2 Å². The number of carbonyl (C=O) groups is 2. The van der Waals surface area contributed by atoms with Gasteiger partial charge in [-0.3, -0.25) is 14.6 Å². The summed E-state index contributed by atoms with van der Waals surface area (Å²) in [6.07, 6.45) is 3.54. The third-order valence-corrected chi connectivity index (χ3v) is 3.62. The normalized spacial score (nSPS) is 19.6. The number of nitrogens with one attached hydrogen (secondary N) is 1. The maximum Gasteiger partial charge on any atom is 0.245 e. The smallest absolute Gasteiger partial charge is 0.245 e. The van der Waals surface area contributed by atoms with E-state index in [0.717, 1.165) is 12.1 Å². The van der Waals surface area contributed by atoms with Gasteiger partial charge in [-0.05, 0) is 24.5 Å². The minimum Gasteiger partial charge on any atom is -0.344 e. The number of pyridine rings is 1. The molecule has 1 aromatic heterocycles. The van der Waals surface area contributed by atoms with Crippen molar-refractivity contribution in [3.8, 4) is 0 Å². The third kappa shape index (κ3) is 4.55. The van der Waals surface area contributed by atoms with Crippen molar-refractivity contribution in [3.05, 3.63) is 30.1 Å².